The molecule has 5 rings (SSSR count). The van der Waals surface area contributed by atoms with Crippen LogP contribution in [0.2, 0.25) is 0 Å². The molecule has 0 aliphatic heterocycles. The van der Waals surface area contributed by atoms with E-state index in [9.17, 15) is 5.26 Å². The number of anilines is 2. The summed E-state index contributed by atoms with van der Waals surface area (Å²) in [5, 5.41) is 14.0. The van der Waals surface area contributed by atoms with Gasteiger partial charge in [0, 0.05) is 0 Å². The van der Waals surface area contributed by atoms with E-state index in [2.05, 4.69) is 21.4 Å². The Morgan fingerprint density at radius 3 is 2.81 bits per heavy atom. The summed E-state index contributed by atoms with van der Waals surface area (Å²) in [5.41, 5.74) is 2.82. The zero-order valence-electron chi connectivity index (χ0n) is 14.5. The van der Waals surface area contributed by atoms with Gasteiger partial charge in [-0.1, -0.05) is 0 Å². The number of nitriles is 1. The molecule has 0 amide bonds. The van der Waals surface area contributed by atoms with Crippen molar-refractivity contribution in [2.45, 2.75) is 25.7 Å². The molecule has 0 spiro atoms. The van der Waals surface area contributed by atoms with E-state index < -0.39 is 0 Å². The first-order valence-corrected chi connectivity index (χ1v) is 10.7. The first kappa shape index (κ1) is 16.3. The number of aryl methyl sites for hydroxylation is 2. The summed E-state index contributed by atoms with van der Waals surface area (Å²) >= 11 is 0.293. The Kier molecular flexibility index (Phi) is 4.05. The molecule has 1 aromatic carbocycles. The van der Waals surface area contributed by atoms with Crippen LogP contribution in [-0.4, -0.2) is 24.5 Å². The van der Waals surface area contributed by atoms with Gasteiger partial charge in [-0.3, -0.25) is 0 Å². The average Bonchev–Trinajstić information content (AvgIpc) is 3.30. The number of hydrogen-bond donors (Lipinski definition) is 1. The number of benzene rings is 1. The molecule has 1 N–H and O–H groups in total. The summed E-state index contributed by atoms with van der Waals surface area (Å²) in [4.78, 5) is 9.00. The Hall–Kier alpha value is -2.87. The van der Waals surface area contributed by atoms with Gasteiger partial charge < -0.3 is 0 Å². The van der Waals surface area contributed by atoms with Gasteiger partial charge in [0.15, 0.2) is 0 Å². The fourth-order valence-electron chi connectivity index (χ4n) is 3.60. The molecule has 132 valence electrons. The van der Waals surface area contributed by atoms with Gasteiger partial charge >= 0.3 is 162 Å². The third-order valence-corrected chi connectivity index (χ3v) is 7.41. The maximum absolute atomic E-state index is 9.55. The zero-order chi connectivity index (χ0) is 18.2. The number of nitrogens with zero attached hydrogens (tertiary/aromatic N) is 3. The Labute approximate surface area is 162 Å². The van der Waals surface area contributed by atoms with Gasteiger partial charge in [0.25, 0.3) is 0 Å². The van der Waals surface area contributed by atoms with Crippen molar-refractivity contribution in [2.75, 3.05) is 5.32 Å². The molecule has 0 saturated heterocycles. The van der Waals surface area contributed by atoms with E-state index >= 15 is 0 Å². The van der Waals surface area contributed by atoms with E-state index in [1.807, 2.05) is 30.3 Å². The molecule has 6 heteroatoms. The van der Waals surface area contributed by atoms with Crippen LogP contribution in [0.15, 0.2) is 47.1 Å². The SMILES string of the molecule is N#Cc1cc(-c2ccccc2)oc1Nc1ncnc2[se]c3c(c12)CCCC3. The Bertz CT molecular complexity index is 1170. The van der Waals surface area contributed by atoms with Crippen molar-refractivity contribution < 1.29 is 4.42 Å². The fourth-order valence-corrected chi connectivity index (χ4v) is 6.18. The molecule has 5 nitrogen and oxygen atoms in total. The van der Waals surface area contributed by atoms with Crippen molar-refractivity contribution in [1.29, 1.82) is 5.26 Å². The molecule has 3 heterocycles. The number of hydrogen-bond acceptors (Lipinski definition) is 5. The summed E-state index contributed by atoms with van der Waals surface area (Å²) in [6, 6.07) is 13.8. The Morgan fingerprint density at radius 1 is 1.11 bits per heavy atom. The molecule has 0 bridgehead atoms. The number of aromatic nitrogens is 2. The maximum atomic E-state index is 9.55. The molecule has 0 atom stereocenters. The average molecular weight is 419 g/mol. The second kappa shape index (κ2) is 6.70. The van der Waals surface area contributed by atoms with Gasteiger partial charge in [-0.2, -0.15) is 0 Å². The van der Waals surface area contributed by atoms with Crippen LogP contribution in [0.1, 0.15) is 28.4 Å². The third-order valence-electron chi connectivity index (χ3n) is 4.89. The van der Waals surface area contributed by atoms with Crippen molar-refractivity contribution in [3.8, 4) is 17.4 Å². The number of furan rings is 1. The van der Waals surface area contributed by atoms with Crippen molar-refractivity contribution in [3.05, 3.63) is 58.3 Å². The summed E-state index contributed by atoms with van der Waals surface area (Å²) in [6.45, 7) is 0. The number of fused-ring (bicyclic) bond motifs is 3. The van der Waals surface area contributed by atoms with Gasteiger partial charge in [0.1, 0.15) is 0 Å². The van der Waals surface area contributed by atoms with Crippen molar-refractivity contribution in [3.63, 3.8) is 0 Å². The Morgan fingerprint density at radius 2 is 1.96 bits per heavy atom. The van der Waals surface area contributed by atoms with Crippen LogP contribution in [0, 0.1) is 11.3 Å². The van der Waals surface area contributed by atoms with Crippen molar-refractivity contribution >= 4 is 36.0 Å². The molecule has 0 radical (unpaired) electrons. The zero-order valence-corrected chi connectivity index (χ0v) is 16.2. The molecule has 0 unspecified atom stereocenters. The summed E-state index contributed by atoms with van der Waals surface area (Å²) in [6.07, 6.45) is 6.35. The number of rotatable bonds is 3. The third kappa shape index (κ3) is 2.86. The molecular formula is C21H16N4OSe. The standard InChI is InChI=1S/C21H16N4OSe/c22-11-14-10-16(13-6-2-1-3-7-13)26-20(14)25-19-18-15-8-4-5-9-17(15)27-21(18)24-12-23-19/h1-3,6-7,10,12H,4-5,8-9H2,(H,23,24,25). The molecule has 0 saturated carbocycles. The minimum absolute atomic E-state index is 0.293. The predicted molar refractivity (Wildman–Crippen MR) is 105 cm³/mol. The van der Waals surface area contributed by atoms with Gasteiger partial charge in [-0.15, -0.1) is 0 Å². The van der Waals surface area contributed by atoms with Crippen LogP contribution in [0.5, 0.6) is 0 Å². The van der Waals surface area contributed by atoms with Crippen LogP contribution < -0.4 is 5.32 Å². The van der Waals surface area contributed by atoms with E-state index in [1.54, 1.807) is 16.8 Å². The van der Waals surface area contributed by atoms with E-state index in [0.29, 0.717) is 31.7 Å². The van der Waals surface area contributed by atoms with E-state index in [-0.39, 0.29) is 0 Å². The van der Waals surface area contributed by atoms with Crippen LogP contribution in [0.4, 0.5) is 11.7 Å². The minimum atomic E-state index is 0.293. The van der Waals surface area contributed by atoms with E-state index in [4.69, 9.17) is 4.42 Å². The molecule has 1 aliphatic carbocycles. The summed E-state index contributed by atoms with van der Waals surface area (Å²) in [7, 11) is 0. The molecule has 0 fully saturated rings. The van der Waals surface area contributed by atoms with Crippen LogP contribution in [0.25, 0.3) is 21.1 Å². The van der Waals surface area contributed by atoms with Crippen molar-refractivity contribution in [1.82, 2.24) is 9.97 Å². The number of nitrogens with one attached hydrogen (secondary N) is 1. The van der Waals surface area contributed by atoms with Gasteiger partial charge in [-0.05, 0) is 0 Å². The van der Waals surface area contributed by atoms with E-state index in [1.165, 1.54) is 24.8 Å². The quantitative estimate of drug-likeness (QED) is 0.497. The molecule has 27 heavy (non-hydrogen) atoms. The molecule has 1 aliphatic rings. The van der Waals surface area contributed by atoms with Crippen LogP contribution in [0.3, 0.4) is 0 Å². The Balaban J connectivity index is 1.59. The van der Waals surface area contributed by atoms with Gasteiger partial charge in [0.05, 0.1) is 0 Å². The van der Waals surface area contributed by atoms with Crippen LogP contribution in [-0.2, 0) is 12.8 Å². The second-order valence-electron chi connectivity index (χ2n) is 6.57. The summed E-state index contributed by atoms with van der Waals surface area (Å²) < 4.78 is 8.68. The van der Waals surface area contributed by atoms with Gasteiger partial charge in [0.2, 0.25) is 0 Å². The predicted octanol–water partition coefficient (Wildman–Crippen LogP) is 4.44. The topological polar surface area (TPSA) is 74.7 Å². The second-order valence-corrected chi connectivity index (χ2v) is 8.84. The monoisotopic (exact) mass is 420 g/mol. The van der Waals surface area contributed by atoms with Crippen molar-refractivity contribution in [2.24, 2.45) is 0 Å². The van der Waals surface area contributed by atoms with E-state index in [0.717, 1.165) is 27.6 Å². The fraction of sp³-hybridized carbons (Fsp3) is 0.190. The first-order valence-electron chi connectivity index (χ1n) is 8.95. The normalized spacial score (nSPS) is 13.3. The van der Waals surface area contributed by atoms with Gasteiger partial charge in [-0.25, -0.2) is 0 Å². The molecule has 3 aromatic heterocycles. The van der Waals surface area contributed by atoms with Crippen LogP contribution >= 0.6 is 0 Å². The first-order chi connectivity index (χ1) is 13.3. The molecule has 4 aromatic rings. The molecular weight excluding hydrogens is 403 g/mol. The summed E-state index contributed by atoms with van der Waals surface area (Å²) in [5.74, 6) is 1.86.